The summed E-state index contributed by atoms with van der Waals surface area (Å²) < 4.78 is 34.7. The van der Waals surface area contributed by atoms with Crippen LogP contribution in [0.5, 0.6) is 11.5 Å². The zero-order chi connectivity index (χ0) is 18.1. The van der Waals surface area contributed by atoms with E-state index in [4.69, 9.17) is 4.74 Å². The molecule has 0 heterocycles. The fourth-order valence-corrected chi connectivity index (χ4v) is 1.89. The number of benzene rings is 1. The van der Waals surface area contributed by atoms with Gasteiger partial charge in [0, 0.05) is 19.6 Å². The summed E-state index contributed by atoms with van der Waals surface area (Å²) in [4.78, 5) is 4.18. The predicted octanol–water partition coefficient (Wildman–Crippen LogP) is 4.01. The largest absolute Gasteiger partial charge is 0.490 e. The summed E-state index contributed by atoms with van der Waals surface area (Å²) in [6, 6.07) is 5.16. The quantitative estimate of drug-likeness (QED) is 0.342. The van der Waals surface area contributed by atoms with Crippen molar-refractivity contribution in [1.82, 2.24) is 10.6 Å². The Balaban J connectivity index is 0.00000576. The molecule has 0 spiro atoms. The minimum atomic E-state index is -2.88. The highest BCUT2D eigenvalue weighted by Crippen LogP contribution is 2.29. The third kappa shape index (κ3) is 8.55. The van der Waals surface area contributed by atoms with Gasteiger partial charge in [-0.05, 0) is 37.5 Å². The molecule has 1 atom stereocenters. The average Bonchev–Trinajstić information content (AvgIpc) is 2.53. The summed E-state index contributed by atoms with van der Waals surface area (Å²) in [6.45, 7) is 6.10. The Morgan fingerprint density at radius 3 is 2.40 bits per heavy atom. The van der Waals surface area contributed by atoms with E-state index in [-0.39, 0.29) is 35.8 Å². The van der Waals surface area contributed by atoms with Gasteiger partial charge in [0.25, 0.3) is 0 Å². The third-order valence-corrected chi connectivity index (χ3v) is 3.57. The molecule has 0 fully saturated rings. The van der Waals surface area contributed by atoms with Gasteiger partial charge < -0.3 is 20.1 Å². The number of guanidine groups is 1. The van der Waals surface area contributed by atoms with Gasteiger partial charge in [-0.25, -0.2) is 0 Å². The van der Waals surface area contributed by atoms with Crippen LogP contribution in [0.2, 0.25) is 0 Å². The van der Waals surface area contributed by atoms with E-state index in [1.165, 1.54) is 6.07 Å². The number of alkyl halides is 2. The van der Waals surface area contributed by atoms with Crippen molar-refractivity contribution in [3.05, 3.63) is 23.8 Å². The minimum Gasteiger partial charge on any atom is -0.490 e. The highest BCUT2D eigenvalue weighted by Gasteiger charge is 2.12. The van der Waals surface area contributed by atoms with Crippen molar-refractivity contribution in [2.75, 3.05) is 13.7 Å². The van der Waals surface area contributed by atoms with Gasteiger partial charge in [0.05, 0.1) is 6.61 Å². The molecular formula is C17H28F2IN3O2. The van der Waals surface area contributed by atoms with Gasteiger partial charge in [-0.3, -0.25) is 4.99 Å². The molecule has 5 nitrogen and oxygen atoms in total. The fourth-order valence-electron chi connectivity index (χ4n) is 1.89. The van der Waals surface area contributed by atoms with E-state index in [0.29, 0.717) is 30.8 Å². The van der Waals surface area contributed by atoms with Crippen LogP contribution in [0.1, 0.15) is 33.3 Å². The summed E-state index contributed by atoms with van der Waals surface area (Å²) >= 11 is 0. The Kier molecular flexibility index (Phi) is 11.5. The van der Waals surface area contributed by atoms with Gasteiger partial charge in [0.2, 0.25) is 0 Å². The SMILES string of the molecule is CCOc1cc(CNC(=NC)NC(C)C(C)C)ccc1OC(F)F.I. The Labute approximate surface area is 165 Å². The van der Waals surface area contributed by atoms with E-state index in [2.05, 4.69) is 41.1 Å². The highest BCUT2D eigenvalue weighted by molar-refractivity contribution is 14.0. The number of ether oxygens (including phenoxy) is 2. The Bertz CT molecular complexity index is 543. The van der Waals surface area contributed by atoms with Gasteiger partial charge in [-0.1, -0.05) is 19.9 Å². The van der Waals surface area contributed by atoms with E-state index in [0.717, 1.165) is 5.56 Å². The summed E-state index contributed by atoms with van der Waals surface area (Å²) in [7, 11) is 1.70. The molecule has 1 aromatic rings. The lowest BCUT2D eigenvalue weighted by molar-refractivity contribution is -0.0514. The monoisotopic (exact) mass is 471 g/mol. The maximum atomic E-state index is 12.4. The smallest absolute Gasteiger partial charge is 0.387 e. The first-order chi connectivity index (χ1) is 11.4. The van der Waals surface area contributed by atoms with Crippen LogP contribution in [0.3, 0.4) is 0 Å². The predicted molar refractivity (Wildman–Crippen MR) is 107 cm³/mol. The molecule has 8 heteroatoms. The fraction of sp³-hybridized carbons (Fsp3) is 0.588. The third-order valence-electron chi connectivity index (χ3n) is 3.57. The van der Waals surface area contributed by atoms with E-state index in [1.807, 2.05) is 0 Å². The lowest BCUT2D eigenvalue weighted by Crippen LogP contribution is -2.43. The summed E-state index contributed by atoms with van der Waals surface area (Å²) in [5, 5.41) is 6.49. The number of rotatable bonds is 8. The van der Waals surface area contributed by atoms with Crippen LogP contribution in [0.15, 0.2) is 23.2 Å². The van der Waals surface area contributed by atoms with Crippen molar-refractivity contribution < 1.29 is 18.3 Å². The van der Waals surface area contributed by atoms with Crippen LogP contribution in [-0.4, -0.2) is 32.3 Å². The first-order valence-electron chi connectivity index (χ1n) is 8.05. The lowest BCUT2D eigenvalue weighted by atomic mass is 10.1. The second kappa shape index (κ2) is 12.1. The van der Waals surface area contributed by atoms with Gasteiger partial charge in [0.1, 0.15) is 0 Å². The van der Waals surface area contributed by atoms with E-state index in [9.17, 15) is 8.78 Å². The lowest BCUT2D eigenvalue weighted by Gasteiger charge is -2.21. The molecule has 0 saturated carbocycles. The summed E-state index contributed by atoms with van der Waals surface area (Å²) in [6.07, 6.45) is 0. The molecule has 25 heavy (non-hydrogen) atoms. The van der Waals surface area contributed by atoms with E-state index in [1.54, 1.807) is 26.1 Å². The molecule has 1 aromatic carbocycles. The Hall–Kier alpha value is -1.32. The van der Waals surface area contributed by atoms with Crippen LogP contribution in [-0.2, 0) is 6.54 Å². The molecule has 0 amide bonds. The van der Waals surface area contributed by atoms with Crippen LogP contribution < -0.4 is 20.1 Å². The number of nitrogens with zero attached hydrogens (tertiary/aromatic N) is 1. The topological polar surface area (TPSA) is 54.9 Å². The van der Waals surface area contributed by atoms with Gasteiger partial charge in [-0.2, -0.15) is 8.78 Å². The van der Waals surface area contributed by atoms with Gasteiger partial charge >= 0.3 is 6.61 Å². The zero-order valence-corrected chi connectivity index (χ0v) is 17.6. The van der Waals surface area contributed by atoms with Crippen LogP contribution in [0.25, 0.3) is 0 Å². The average molecular weight is 471 g/mol. The molecule has 1 rings (SSSR count). The second-order valence-corrected chi connectivity index (χ2v) is 5.70. The standard InChI is InChI=1S/C17H27F2N3O2.HI/c1-6-23-15-9-13(7-8-14(15)24-16(18)19)10-21-17(20-5)22-12(4)11(2)3;/h7-9,11-12,16H,6,10H2,1-5H3,(H2,20,21,22);1H. The Morgan fingerprint density at radius 1 is 1.20 bits per heavy atom. The van der Waals surface area contributed by atoms with Crippen molar-refractivity contribution in [3.63, 3.8) is 0 Å². The summed E-state index contributed by atoms with van der Waals surface area (Å²) in [5.41, 5.74) is 0.875. The molecule has 2 N–H and O–H groups in total. The molecule has 0 aliphatic heterocycles. The maximum Gasteiger partial charge on any atom is 0.387 e. The van der Waals surface area contributed by atoms with Crippen molar-refractivity contribution in [1.29, 1.82) is 0 Å². The minimum absolute atomic E-state index is 0. The van der Waals surface area contributed by atoms with Crippen molar-refractivity contribution in [2.24, 2.45) is 10.9 Å². The molecule has 0 aliphatic carbocycles. The molecule has 0 aliphatic rings. The Morgan fingerprint density at radius 2 is 1.88 bits per heavy atom. The number of hydrogen-bond donors (Lipinski definition) is 2. The molecule has 1 unspecified atom stereocenters. The number of hydrogen-bond acceptors (Lipinski definition) is 3. The molecule has 0 radical (unpaired) electrons. The van der Waals surface area contributed by atoms with Crippen molar-refractivity contribution in [3.8, 4) is 11.5 Å². The first kappa shape index (κ1) is 23.7. The van der Waals surface area contributed by atoms with E-state index < -0.39 is 6.61 Å². The van der Waals surface area contributed by atoms with E-state index >= 15 is 0 Å². The number of aliphatic imine (C=N–C) groups is 1. The van der Waals surface area contributed by atoms with Crippen LogP contribution in [0, 0.1) is 5.92 Å². The normalized spacial score (nSPS) is 12.6. The molecule has 0 saturated heterocycles. The highest BCUT2D eigenvalue weighted by atomic mass is 127. The zero-order valence-electron chi connectivity index (χ0n) is 15.3. The number of nitrogens with one attached hydrogen (secondary N) is 2. The van der Waals surface area contributed by atoms with Crippen LogP contribution in [0.4, 0.5) is 8.78 Å². The molecule has 144 valence electrons. The van der Waals surface area contributed by atoms with Gasteiger partial charge in [0.15, 0.2) is 17.5 Å². The second-order valence-electron chi connectivity index (χ2n) is 5.70. The van der Waals surface area contributed by atoms with Crippen molar-refractivity contribution in [2.45, 2.75) is 46.9 Å². The van der Waals surface area contributed by atoms with Gasteiger partial charge in [-0.15, -0.1) is 24.0 Å². The summed E-state index contributed by atoms with van der Waals surface area (Å²) in [5.74, 6) is 1.49. The number of halogens is 3. The maximum absolute atomic E-state index is 12.4. The van der Waals surface area contributed by atoms with Crippen molar-refractivity contribution >= 4 is 29.9 Å². The molecule has 0 aromatic heterocycles. The molecule has 0 bridgehead atoms. The van der Waals surface area contributed by atoms with Crippen LogP contribution >= 0.6 is 24.0 Å². The first-order valence-corrected chi connectivity index (χ1v) is 8.05. The molecular weight excluding hydrogens is 443 g/mol.